The van der Waals surface area contributed by atoms with E-state index in [4.69, 9.17) is 4.74 Å². The molecule has 1 aromatic heterocycles. The number of nitrogens with one attached hydrogen (secondary N) is 1. The van der Waals surface area contributed by atoms with E-state index in [-0.39, 0.29) is 30.7 Å². The number of carbonyl (C=O) groups is 1. The summed E-state index contributed by atoms with van der Waals surface area (Å²) in [7, 11) is 0. The summed E-state index contributed by atoms with van der Waals surface area (Å²) in [4.78, 5) is 26.2. The highest BCUT2D eigenvalue weighted by Gasteiger charge is 2.28. The number of nitro benzene ring substituents is 1. The molecule has 1 aliphatic heterocycles. The van der Waals surface area contributed by atoms with Gasteiger partial charge in [0.05, 0.1) is 21.9 Å². The number of benzene rings is 2. The lowest BCUT2D eigenvalue weighted by Crippen LogP contribution is -2.29. The molecule has 1 amide bonds. The molecular weight excluding hydrogens is 430 g/mol. The Morgan fingerprint density at radius 1 is 1.29 bits per heavy atom. The van der Waals surface area contributed by atoms with E-state index in [2.05, 4.69) is 31.3 Å². The molecule has 10 heteroatoms. The van der Waals surface area contributed by atoms with Crippen LogP contribution in [0.4, 0.5) is 11.6 Å². The molecule has 28 heavy (non-hydrogen) atoms. The third-order valence-corrected chi connectivity index (χ3v) is 5.00. The van der Waals surface area contributed by atoms with Gasteiger partial charge in [-0.15, -0.1) is 0 Å². The summed E-state index contributed by atoms with van der Waals surface area (Å²) in [6.07, 6.45) is 1.68. The number of halogens is 1. The topological polar surface area (TPSA) is 112 Å². The van der Waals surface area contributed by atoms with Gasteiger partial charge < -0.3 is 4.74 Å². The molecule has 0 fully saturated rings. The van der Waals surface area contributed by atoms with E-state index in [1.54, 1.807) is 16.8 Å². The molecule has 1 N–H and O–H groups in total. The van der Waals surface area contributed by atoms with Crippen molar-refractivity contribution in [2.45, 2.75) is 19.1 Å². The number of amides is 1. The lowest BCUT2D eigenvalue weighted by molar-refractivity contribution is -0.384. The highest BCUT2D eigenvalue weighted by atomic mass is 79.9. The second-order valence-corrected chi connectivity index (χ2v) is 7.05. The molecule has 0 aliphatic carbocycles. The molecule has 0 bridgehead atoms. The van der Waals surface area contributed by atoms with Crippen LogP contribution < -0.4 is 10.1 Å². The van der Waals surface area contributed by atoms with Gasteiger partial charge in [0.15, 0.2) is 0 Å². The fourth-order valence-electron chi connectivity index (χ4n) is 2.98. The fraction of sp³-hybridized carbons (Fsp3) is 0.167. The number of aromatic nitrogens is 3. The summed E-state index contributed by atoms with van der Waals surface area (Å²) in [6, 6.07) is 11.5. The minimum atomic E-state index is -0.438. The van der Waals surface area contributed by atoms with E-state index in [1.165, 1.54) is 18.5 Å². The van der Waals surface area contributed by atoms with Crippen LogP contribution in [0.15, 0.2) is 53.3 Å². The van der Waals surface area contributed by atoms with Gasteiger partial charge in [0.1, 0.15) is 18.7 Å². The van der Waals surface area contributed by atoms with Crippen LogP contribution in [0.1, 0.15) is 23.6 Å². The maximum atomic E-state index is 11.9. The molecule has 0 saturated carbocycles. The van der Waals surface area contributed by atoms with Crippen LogP contribution in [0.3, 0.4) is 0 Å². The van der Waals surface area contributed by atoms with Crippen LogP contribution in [-0.2, 0) is 11.4 Å². The van der Waals surface area contributed by atoms with Crippen LogP contribution in [0.2, 0.25) is 0 Å². The highest BCUT2D eigenvalue weighted by molar-refractivity contribution is 9.10. The summed E-state index contributed by atoms with van der Waals surface area (Å²) in [5.41, 5.74) is 1.76. The van der Waals surface area contributed by atoms with Crippen molar-refractivity contribution in [1.82, 2.24) is 14.8 Å². The number of rotatable bonds is 5. The molecule has 9 nitrogen and oxygen atoms in total. The van der Waals surface area contributed by atoms with Crippen LogP contribution >= 0.6 is 15.9 Å². The predicted molar refractivity (Wildman–Crippen MR) is 103 cm³/mol. The molecule has 1 atom stereocenters. The highest BCUT2D eigenvalue weighted by Crippen LogP contribution is 2.34. The van der Waals surface area contributed by atoms with E-state index in [1.807, 2.05) is 18.2 Å². The third-order valence-electron chi connectivity index (χ3n) is 4.38. The second-order valence-electron chi connectivity index (χ2n) is 6.20. The first-order valence-electron chi connectivity index (χ1n) is 8.36. The van der Waals surface area contributed by atoms with Crippen molar-refractivity contribution < 1.29 is 14.5 Å². The molecule has 0 unspecified atom stereocenters. The average molecular weight is 444 g/mol. The minimum Gasteiger partial charge on any atom is -0.488 e. The third kappa shape index (κ3) is 3.58. The maximum Gasteiger partial charge on any atom is 0.269 e. The van der Waals surface area contributed by atoms with Crippen molar-refractivity contribution in [3.63, 3.8) is 0 Å². The van der Waals surface area contributed by atoms with Crippen molar-refractivity contribution in [1.29, 1.82) is 0 Å². The Hall–Kier alpha value is -3.27. The first kappa shape index (κ1) is 18.1. The number of anilines is 1. The first-order chi connectivity index (χ1) is 13.5. The molecule has 0 spiro atoms. The molecular formula is C18H14BrN5O4. The van der Waals surface area contributed by atoms with Gasteiger partial charge in [-0.05, 0) is 51.3 Å². The Morgan fingerprint density at radius 3 is 2.79 bits per heavy atom. The van der Waals surface area contributed by atoms with E-state index in [0.29, 0.717) is 11.7 Å². The standard InChI is InChI=1S/C18H14BrN5O4/c19-14-7-12(15-8-17(25)22-18-20-10-21-23(15)18)3-6-16(14)28-9-11-1-4-13(5-2-11)24(26)27/h1-7,10,15H,8-9H2,(H,20,21,22,25)/t15-/m1/s1. The SMILES string of the molecule is O=C1C[C@H](c2ccc(OCc3ccc([N+](=O)[O-])cc3)c(Br)c2)n2ncnc2N1. The molecule has 3 aromatic rings. The molecule has 142 valence electrons. The van der Waals surface area contributed by atoms with Gasteiger partial charge in [-0.25, -0.2) is 4.68 Å². The molecule has 0 radical (unpaired) electrons. The van der Waals surface area contributed by atoms with Crippen molar-refractivity contribution in [2.24, 2.45) is 0 Å². The van der Waals surface area contributed by atoms with Gasteiger partial charge in [0.2, 0.25) is 11.9 Å². The van der Waals surface area contributed by atoms with Gasteiger partial charge >= 0.3 is 0 Å². The second kappa shape index (κ2) is 7.39. The summed E-state index contributed by atoms with van der Waals surface area (Å²) in [5, 5.41) is 17.6. The Labute approximate surface area is 167 Å². The van der Waals surface area contributed by atoms with Gasteiger partial charge in [0.25, 0.3) is 5.69 Å². The van der Waals surface area contributed by atoms with Crippen LogP contribution in [0.25, 0.3) is 0 Å². The Morgan fingerprint density at radius 2 is 2.07 bits per heavy atom. The lowest BCUT2D eigenvalue weighted by Gasteiger charge is -2.24. The molecule has 1 aliphatic rings. The van der Waals surface area contributed by atoms with E-state index >= 15 is 0 Å². The number of non-ortho nitro benzene ring substituents is 1. The van der Waals surface area contributed by atoms with Gasteiger partial charge in [-0.3, -0.25) is 20.2 Å². The van der Waals surface area contributed by atoms with E-state index in [0.717, 1.165) is 15.6 Å². The summed E-state index contributed by atoms with van der Waals surface area (Å²) in [5.74, 6) is 0.942. The smallest absolute Gasteiger partial charge is 0.269 e. The summed E-state index contributed by atoms with van der Waals surface area (Å²) >= 11 is 3.50. The zero-order chi connectivity index (χ0) is 19.7. The summed E-state index contributed by atoms with van der Waals surface area (Å²) in [6.45, 7) is 0.273. The van der Waals surface area contributed by atoms with Crippen LogP contribution in [0.5, 0.6) is 5.75 Å². The number of fused-ring (bicyclic) bond motifs is 1. The summed E-state index contributed by atoms with van der Waals surface area (Å²) < 4.78 is 8.23. The van der Waals surface area contributed by atoms with Crippen molar-refractivity contribution in [2.75, 3.05) is 5.32 Å². The van der Waals surface area contributed by atoms with E-state index in [9.17, 15) is 14.9 Å². The van der Waals surface area contributed by atoms with Crippen molar-refractivity contribution >= 4 is 33.5 Å². The zero-order valence-electron chi connectivity index (χ0n) is 14.4. The van der Waals surface area contributed by atoms with Crippen LogP contribution in [0, 0.1) is 10.1 Å². The molecule has 4 rings (SSSR count). The lowest BCUT2D eigenvalue weighted by atomic mass is 10.0. The van der Waals surface area contributed by atoms with Crippen molar-refractivity contribution in [3.8, 4) is 5.75 Å². The predicted octanol–water partition coefficient (Wildman–Crippen LogP) is 3.46. The number of hydrogen-bond acceptors (Lipinski definition) is 6. The molecule has 2 aromatic carbocycles. The monoisotopic (exact) mass is 443 g/mol. The number of nitro groups is 1. The first-order valence-corrected chi connectivity index (χ1v) is 9.15. The zero-order valence-corrected chi connectivity index (χ0v) is 16.0. The normalized spacial score (nSPS) is 15.6. The largest absolute Gasteiger partial charge is 0.488 e. The molecule has 0 saturated heterocycles. The van der Waals surface area contributed by atoms with Crippen LogP contribution in [-0.4, -0.2) is 25.6 Å². The van der Waals surface area contributed by atoms with Gasteiger partial charge in [0, 0.05) is 12.1 Å². The Bertz CT molecular complexity index is 1050. The van der Waals surface area contributed by atoms with Gasteiger partial charge in [-0.1, -0.05) is 6.07 Å². The van der Waals surface area contributed by atoms with Crippen molar-refractivity contribution in [3.05, 3.63) is 74.5 Å². The minimum absolute atomic E-state index is 0.0401. The number of carbonyl (C=O) groups excluding carboxylic acids is 1. The number of nitrogens with zero attached hydrogens (tertiary/aromatic N) is 4. The molecule has 2 heterocycles. The fourth-order valence-corrected chi connectivity index (χ4v) is 3.49. The quantitative estimate of drug-likeness (QED) is 0.477. The Kier molecular flexibility index (Phi) is 4.78. The Balaban J connectivity index is 1.49. The number of ether oxygens (including phenoxy) is 1. The number of hydrogen-bond donors (Lipinski definition) is 1. The van der Waals surface area contributed by atoms with Gasteiger partial charge in [-0.2, -0.15) is 10.1 Å². The average Bonchev–Trinajstić information content (AvgIpc) is 3.15. The van der Waals surface area contributed by atoms with E-state index < -0.39 is 4.92 Å². The maximum absolute atomic E-state index is 11.9.